The molecule has 0 amide bonds. The van der Waals surface area contributed by atoms with Crippen LogP contribution < -0.4 is 11.3 Å². The molecule has 0 spiro atoms. The van der Waals surface area contributed by atoms with Gasteiger partial charge in [0, 0.05) is 11.9 Å². The van der Waals surface area contributed by atoms with Crippen molar-refractivity contribution in [1.29, 1.82) is 0 Å². The van der Waals surface area contributed by atoms with Gasteiger partial charge in [0.15, 0.2) is 5.65 Å². The summed E-state index contributed by atoms with van der Waals surface area (Å²) >= 11 is 0. The van der Waals surface area contributed by atoms with Crippen LogP contribution >= 0.6 is 0 Å². The Kier molecular flexibility index (Phi) is 4.70. The first-order valence-corrected chi connectivity index (χ1v) is 11.2. The molecule has 0 unspecified atom stereocenters. The largest absolute Gasteiger partial charge is 0.383 e. The lowest BCUT2D eigenvalue weighted by Crippen LogP contribution is -2.25. The molecule has 0 bridgehead atoms. The van der Waals surface area contributed by atoms with Gasteiger partial charge in [-0.05, 0) is 48.6 Å². The summed E-state index contributed by atoms with van der Waals surface area (Å²) in [6.07, 6.45) is 3.08. The molecule has 0 aliphatic rings. The van der Waals surface area contributed by atoms with E-state index in [9.17, 15) is 4.79 Å². The number of nitrogen functional groups attached to an aromatic ring is 1. The molecule has 35 heavy (non-hydrogen) atoms. The summed E-state index contributed by atoms with van der Waals surface area (Å²) in [5.41, 5.74) is 11.6. The van der Waals surface area contributed by atoms with Gasteiger partial charge < -0.3 is 5.73 Å². The second kappa shape index (κ2) is 7.91. The van der Waals surface area contributed by atoms with Gasteiger partial charge in [0.1, 0.15) is 17.8 Å². The number of anilines is 1. The predicted octanol–water partition coefficient (Wildman–Crippen LogP) is 3.77. The van der Waals surface area contributed by atoms with Gasteiger partial charge in [0.25, 0.3) is 5.56 Å². The third-order valence-corrected chi connectivity index (χ3v) is 6.31. The van der Waals surface area contributed by atoms with Gasteiger partial charge in [-0.2, -0.15) is 10.2 Å². The van der Waals surface area contributed by atoms with Crippen molar-refractivity contribution in [2.75, 3.05) is 5.73 Å². The molecule has 4 heterocycles. The summed E-state index contributed by atoms with van der Waals surface area (Å²) in [6, 6.07) is 17.6. The molecule has 0 radical (unpaired) electrons. The maximum Gasteiger partial charge on any atom is 0.263 e. The topological polar surface area (TPSA) is 120 Å². The highest BCUT2D eigenvalue weighted by molar-refractivity contribution is 5.97. The van der Waals surface area contributed by atoms with E-state index in [1.165, 1.54) is 6.33 Å². The Morgan fingerprint density at radius 1 is 0.971 bits per heavy atom. The summed E-state index contributed by atoms with van der Waals surface area (Å²) in [5.74, 6) is 0.330. The molecule has 172 valence electrons. The number of nitrogens with zero attached hydrogens (tertiary/aromatic N) is 6. The Hall–Kier alpha value is -4.79. The van der Waals surface area contributed by atoms with Crippen molar-refractivity contribution >= 4 is 27.6 Å². The van der Waals surface area contributed by atoms with E-state index in [0.717, 1.165) is 27.9 Å². The lowest BCUT2D eigenvalue weighted by molar-refractivity contribution is 0.671. The van der Waals surface area contributed by atoms with E-state index >= 15 is 0 Å². The van der Waals surface area contributed by atoms with Crippen LogP contribution in [0.5, 0.6) is 0 Å². The molecule has 0 aliphatic heterocycles. The number of pyridine rings is 1. The minimum absolute atomic E-state index is 0.0655. The van der Waals surface area contributed by atoms with Crippen LogP contribution in [0, 0.1) is 13.8 Å². The van der Waals surface area contributed by atoms with E-state index < -0.39 is 0 Å². The number of fused-ring (bicyclic) bond motifs is 2. The predicted molar refractivity (Wildman–Crippen MR) is 135 cm³/mol. The number of hydrogen-bond donors (Lipinski definition) is 2. The zero-order chi connectivity index (χ0) is 24.1. The first-order chi connectivity index (χ1) is 17.0. The highest BCUT2D eigenvalue weighted by Gasteiger charge is 2.20. The lowest BCUT2D eigenvalue weighted by Gasteiger charge is -2.17. The summed E-state index contributed by atoms with van der Waals surface area (Å²) in [6.45, 7) is 4.26. The monoisotopic (exact) mass is 462 g/mol. The van der Waals surface area contributed by atoms with E-state index in [0.29, 0.717) is 40.2 Å². The number of H-pyrrole nitrogens is 1. The second-order valence-corrected chi connectivity index (χ2v) is 8.54. The fraction of sp³-hybridized carbons (Fsp3) is 0.115. The number of para-hydroxylation sites is 1. The molecule has 0 saturated carbocycles. The van der Waals surface area contributed by atoms with Crippen molar-refractivity contribution in [3.05, 3.63) is 94.3 Å². The maximum absolute atomic E-state index is 13.9. The molecule has 6 aromatic rings. The fourth-order valence-electron chi connectivity index (χ4n) is 4.65. The van der Waals surface area contributed by atoms with Crippen molar-refractivity contribution < 1.29 is 0 Å². The van der Waals surface area contributed by atoms with Crippen LogP contribution in [0.15, 0.2) is 71.9 Å². The Balaban J connectivity index is 1.64. The average Bonchev–Trinajstić information content (AvgIpc) is 3.49. The van der Waals surface area contributed by atoms with E-state index in [1.54, 1.807) is 15.4 Å². The molecule has 0 saturated heterocycles. The first kappa shape index (κ1) is 20.8. The molecular formula is C26H22N8O. The SMILES string of the molecule is Cc1ccccc1-n1c(Cn2nc(-c3ccn[nH]3)c3c(N)ncnc32)cc2cccc(C)c2c1=O. The van der Waals surface area contributed by atoms with Gasteiger partial charge >= 0.3 is 0 Å². The molecule has 0 aliphatic carbocycles. The van der Waals surface area contributed by atoms with Crippen LogP contribution in [0.3, 0.4) is 0 Å². The third kappa shape index (κ3) is 3.28. The summed E-state index contributed by atoms with van der Waals surface area (Å²) < 4.78 is 3.54. The fourth-order valence-corrected chi connectivity index (χ4v) is 4.65. The van der Waals surface area contributed by atoms with Crippen LogP contribution in [0.25, 0.3) is 38.9 Å². The number of rotatable bonds is 4. The Bertz CT molecular complexity index is 1780. The van der Waals surface area contributed by atoms with Crippen molar-refractivity contribution in [1.82, 2.24) is 34.5 Å². The highest BCUT2D eigenvalue weighted by atomic mass is 16.1. The average molecular weight is 463 g/mol. The van der Waals surface area contributed by atoms with Crippen molar-refractivity contribution in [2.45, 2.75) is 20.4 Å². The summed E-state index contributed by atoms with van der Waals surface area (Å²) in [5, 5.41) is 14.0. The molecule has 3 N–H and O–H groups in total. The molecular weight excluding hydrogens is 440 g/mol. The van der Waals surface area contributed by atoms with Gasteiger partial charge in [0.2, 0.25) is 0 Å². The lowest BCUT2D eigenvalue weighted by atomic mass is 10.1. The first-order valence-electron chi connectivity index (χ1n) is 11.2. The molecule has 9 nitrogen and oxygen atoms in total. The normalized spacial score (nSPS) is 11.5. The molecule has 4 aromatic heterocycles. The molecule has 2 aromatic carbocycles. The van der Waals surface area contributed by atoms with Gasteiger partial charge in [-0.3, -0.25) is 14.5 Å². The van der Waals surface area contributed by atoms with Crippen molar-refractivity contribution in [3.8, 4) is 17.1 Å². The number of nitrogens with one attached hydrogen (secondary N) is 1. The number of benzene rings is 2. The van der Waals surface area contributed by atoms with Crippen LogP contribution in [0.1, 0.15) is 16.8 Å². The van der Waals surface area contributed by atoms with Gasteiger partial charge in [-0.1, -0.05) is 36.4 Å². The minimum Gasteiger partial charge on any atom is -0.383 e. The second-order valence-electron chi connectivity index (χ2n) is 8.54. The van der Waals surface area contributed by atoms with Crippen LogP contribution in [-0.2, 0) is 6.54 Å². The van der Waals surface area contributed by atoms with Crippen molar-refractivity contribution in [2.24, 2.45) is 0 Å². The minimum atomic E-state index is -0.0655. The molecule has 0 fully saturated rings. The molecule has 0 atom stereocenters. The zero-order valence-corrected chi connectivity index (χ0v) is 19.2. The Morgan fingerprint density at radius 2 is 1.80 bits per heavy atom. The standard InChI is InChI=1S/C26H22N8O/c1-15-6-3-4-9-20(15)34-18(12-17-8-5-7-16(2)21(17)26(34)35)13-33-25-22(24(27)28-14-29-25)23(32-33)19-10-11-30-31-19/h3-12,14H,13H2,1-2H3,(H,30,31)(H2,27,28,29). The van der Waals surface area contributed by atoms with Gasteiger partial charge in [-0.25, -0.2) is 14.6 Å². The Morgan fingerprint density at radius 3 is 2.60 bits per heavy atom. The highest BCUT2D eigenvalue weighted by Crippen LogP contribution is 2.29. The van der Waals surface area contributed by atoms with E-state index in [-0.39, 0.29) is 5.56 Å². The molecule has 6 rings (SSSR count). The third-order valence-electron chi connectivity index (χ3n) is 6.31. The van der Waals surface area contributed by atoms with E-state index in [2.05, 4.69) is 20.2 Å². The van der Waals surface area contributed by atoms with Crippen LogP contribution in [-0.4, -0.2) is 34.5 Å². The van der Waals surface area contributed by atoms with Gasteiger partial charge in [0.05, 0.1) is 28.7 Å². The maximum atomic E-state index is 13.9. The number of nitrogens with two attached hydrogens (primary N) is 1. The summed E-state index contributed by atoms with van der Waals surface area (Å²) in [7, 11) is 0. The zero-order valence-electron chi connectivity index (χ0n) is 19.2. The van der Waals surface area contributed by atoms with E-state index in [4.69, 9.17) is 10.8 Å². The number of aryl methyl sites for hydroxylation is 2. The van der Waals surface area contributed by atoms with Crippen molar-refractivity contribution in [3.63, 3.8) is 0 Å². The van der Waals surface area contributed by atoms with E-state index in [1.807, 2.05) is 68.4 Å². The van der Waals surface area contributed by atoms with Crippen LogP contribution in [0.2, 0.25) is 0 Å². The molecule has 9 heteroatoms. The quantitative estimate of drug-likeness (QED) is 0.411. The Labute approximate surface area is 199 Å². The van der Waals surface area contributed by atoms with Crippen LogP contribution in [0.4, 0.5) is 5.82 Å². The summed E-state index contributed by atoms with van der Waals surface area (Å²) in [4.78, 5) is 22.5. The number of aromatic amines is 1. The smallest absolute Gasteiger partial charge is 0.263 e. The number of hydrogen-bond acceptors (Lipinski definition) is 6. The van der Waals surface area contributed by atoms with Gasteiger partial charge in [-0.15, -0.1) is 0 Å². The number of aromatic nitrogens is 7.